The molecule has 0 aromatic heterocycles. The van der Waals surface area contributed by atoms with Crippen LogP contribution in [0.3, 0.4) is 0 Å². The Hall–Kier alpha value is -0.830. The molecule has 1 aliphatic rings. The van der Waals surface area contributed by atoms with Gasteiger partial charge < -0.3 is 4.90 Å². The number of hydrogen-bond donors (Lipinski definition) is 0. The second-order valence-corrected chi connectivity index (χ2v) is 6.30. The van der Waals surface area contributed by atoms with Crippen molar-refractivity contribution in [2.24, 2.45) is 4.99 Å². The van der Waals surface area contributed by atoms with Crippen LogP contribution in [-0.4, -0.2) is 31.3 Å². The molecular weight excluding hydrogens is 291 g/mol. The second-order valence-electron chi connectivity index (χ2n) is 5.51. The minimum absolute atomic E-state index is 0.274. The van der Waals surface area contributed by atoms with E-state index in [0.29, 0.717) is 10.0 Å². The molecule has 1 heterocycles. The lowest BCUT2D eigenvalue weighted by atomic mass is 9.90. The van der Waals surface area contributed by atoms with Crippen LogP contribution in [0.1, 0.15) is 31.2 Å². The molecule has 108 valence electrons. The quantitative estimate of drug-likeness (QED) is 0.781. The number of benzene rings is 1. The van der Waals surface area contributed by atoms with Crippen molar-refractivity contribution < 1.29 is 0 Å². The highest BCUT2D eigenvalue weighted by Gasteiger charge is 2.19. The van der Waals surface area contributed by atoms with E-state index >= 15 is 0 Å². The zero-order chi connectivity index (χ0) is 14.7. The molecular formula is C16H20Cl2N2. The molecule has 2 nitrogen and oxygen atoms in total. The third-order valence-corrected chi connectivity index (χ3v) is 4.27. The van der Waals surface area contributed by atoms with Gasteiger partial charge in [-0.1, -0.05) is 41.4 Å². The highest BCUT2D eigenvalue weighted by Crippen LogP contribution is 2.36. The molecule has 0 fully saturated rings. The summed E-state index contributed by atoms with van der Waals surface area (Å²) in [4.78, 5) is 6.83. The highest BCUT2D eigenvalue weighted by atomic mass is 35.5. The minimum Gasteiger partial charge on any atom is -0.309 e. The zero-order valence-corrected chi connectivity index (χ0v) is 13.7. The predicted octanol–water partition coefficient (Wildman–Crippen LogP) is 4.78. The van der Waals surface area contributed by atoms with Crippen molar-refractivity contribution in [3.63, 3.8) is 0 Å². The highest BCUT2D eigenvalue weighted by molar-refractivity contribution is 6.42. The minimum atomic E-state index is 0.274. The molecule has 1 aromatic carbocycles. The maximum Gasteiger partial charge on any atom is 0.0630 e. The third kappa shape index (κ3) is 3.85. The summed E-state index contributed by atoms with van der Waals surface area (Å²) in [5.74, 6) is 0.274. The number of aliphatic imine (C=N–C) groups is 1. The summed E-state index contributed by atoms with van der Waals surface area (Å²) >= 11 is 12.5. The summed E-state index contributed by atoms with van der Waals surface area (Å²) in [7, 11) is 4.15. The third-order valence-electron chi connectivity index (χ3n) is 3.44. The summed E-state index contributed by atoms with van der Waals surface area (Å²) in [5, 5.41) is 1.28. The molecule has 0 saturated carbocycles. The first-order valence-electron chi connectivity index (χ1n) is 6.81. The van der Waals surface area contributed by atoms with E-state index in [2.05, 4.69) is 43.1 Å². The number of nitrogens with zero attached hydrogens (tertiary/aromatic N) is 2. The van der Waals surface area contributed by atoms with Crippen molar-refractivity contribution in [3.05, 3.63) is 45.6 Å². The van der Waals surface area contributed by atoms with Crippen molar-refractivity contribution in [1.29, 1.82) is 0 Å². The van der Waals surface area contributed by atoms with Gasteiger partial charge >= 0.3 is 0 Å². The summed E-state index contributed by atoms with van der Waals surface area (Å²) in [6.07, 6.45) is 4.10. The first-order chi connectivity index (χ1) is 9.47. The van der Waals surface area contributed by atoms with Gasteiger partial charge in [-0.05, 0) is 39.1 Å². The number of rotatable bonds is 4. The van der Waals surface area contributed by atoms with Crippen LogP contribution in [0, 0.1) is 0 Å². The zero-order valence-electron chi connectivity index (χ0n) is 12.2. The average molecular weight is 311 g/mol. The fraction of sp³-hybridized carbons (Fsp3) is 0.438. The fourth-order valence-corrected chi connectivity index (χ4v) is 2.87. The second kappa shape index (κ2) is 6.75. The van der Waals surface area contributed by atoms with E-state index in [1.54, 1.807) is 0 Å². The van der Waals surface area contributed by atoms with Gasteiger partial charge in [-0.25, -0.2) is 0 Å². The molecule has 1 aliphatic heterocycles. The monoisotopic (exact) mass is 310 g/mol. The lowest BCUT2D eigenvalue weighted by molar-refractivity contribution is 0.412. The van der Waals surface area contributed by atoms with Crippen molar-refractivity contribution in [1.82, 2.24) is 4.90 Å². The maximum absolute atomic E-state index is 6.34. The van der Waals surface area contributed by atoms with Crippen LogP contribution in [0.4, 0.5) is 0 Å². The van der Waals surface area contributed by atoms with Gasteiger partial charge in [0.15, 0.2) is 0 Å². The number of halogens is 2. The van der Waals surface area contributed by atoms with Crippen LogP contribution in [0.15, 0.2) is 35.0 Å². The van der Waals surface area contributed by atoms with Crippen LogP contribution in [0.25, 0.3) is 0 Å². The molecule has 0 radical (unpaired) electrons. The molecule has 0 saturated heterocycles. The van der Waals surface area contributed by atoms with Gasteiger partial charge in [-0.3, -0.25) is 4.99 Å². The van der Waals surface area contributed by atoms with Crippen molar-refractivity contribution in [2.45, 2.75) is 25.7 Å². The molecule has 2 rings (SSSR count). The molecule has 4 heteroatoms. The summed E-state index contributed by atoms with van der Waals surface area (Å²) in [6, 6.07) is 5.84. The normalized spacial score (nSPS) is 19.0. The van der Waals surface area contributed by atoms with Gasteiger partial charge in [0.2, 0.25) is 0 Å². The topological polar surface area (TPSA) is 15.6 Å². The van der Waals surface area contributed by atoms with Gasteiger partial charge in [0.05, 0.1) is 10.0 Å². The van der Waals surface area contributed by atoms with Gasteiger partial charge in [-0.15, -0.1) is 0 Å². The smallest absolute Gasteiger partial charge is 0.0630 e. The molecule has 1 atom stereocenters. The number of hydrogen-bond acceptors (Lipinski definition) is 2. The molecule has 1 unspecified atom stereocenters. The Kier molecular flexibility index (Phi) is 5.25. The van der Waals surface area contributed by atoms with Gasteiger partial charge in [0.25, 0.3) is 0 Å². The maximum atomic E-state index is 6.34. The van der Waals surface area contributed by atoms with Crippen LogP contribution in [0.2, 0.25) is 10.0 Å². The Bertz CT molecular complexity index is 547. The molecule has 20 heavy (non-hydrogen) atoms. The van der Waals surface area contributed by atoms with E-state index in [4.69, 9.17) is 23.2 Å². The Morgan fingerprint density at radius 1 is 1.30 bits per heavy atom. The lowest BCUT2D eigenvalue weighted by Gasteiger charge is -2.21. The average Bonchev–Trinajstić information content (AvgIpc) is 2.39. The van der Waals surface area contributed by atoms with E-state index in [1.807, 2.05) is 12.1 Å². The van der Waals surface area contributed by atoms with Crippen molar-refractivity contribution in [2.75, 3.05) is 20.6 Å². The standard InChI is InChI=1S/C16H20Cl2N2/c1-11-9-12(10-13(19-11)7-8-20(2)3)14-5-4-6-15(17)16(14)18/h4-6,10,12H,7-9H2,1-3H3. The van der Waals surface area contributed by atoms with E-state index in [0.717, 1.165) is 36.4 Å². The molecule has 0 bridgehead atoms. The molecule has 0 aliphatic carbocycles. The summed E-state index contributed by atoms with van der Waals surface area (Å²) < 4.78 is 0. The molecule has 0 spiro atoms. The van der Waals surface area contributed by atoms with Crippen LogP contribution in [0.5, 0.6) is 0 Å². The molecule has 0 N–H and O–H groups in total. The van der Waals surface area contributed by atoms with E-state index < -0.39 is 0 Å². The summed E-state index contributed by atoms with van der Waals surface area (Å²) in [6.45, 7) is 3.08. The Morgan fingerprint density at radius 2 is 2.05 bits per heavy atom. The van der Waals surface area contributed by atoms with Gasteiger partial charge in [-0.2, -0.15) is 0 Å². The SMILES string of the molecule is CC1=NC(CCN(C)C)=CC(c2cccc(Cl)c2Cl)C1. The largest absolute Gasteiger partial charge is 0.309 e. The van der Waals surface area contributed by atoms with E-state index in [-0.39, 0.29) is 5.92 Å². The van der Waals surface area contributed by atoms with Crippen molar-refractivity contribution >= 4 is 28.9 Å². The predicted molar refractivity (Wildman–Crippen MR) is 88.2 cm³/mol. The Labute approximate surface area is 131 Å². The van der Waals surface area contributed by atoms with E-state index in [1.165, 1.54) is 0 Å². The van der Waals surface area contributed by atoms with Gasteiger partial charge in [0, 0.05) is 30.3 Å². The molecule has 1 aromatic rings. The summed E-state index contributed by atoms with van der Waals surface area (Å²) in [5.41, 5.74) is 3.39. The fourth-order valence-electron chi connectivity index (χ4n) is 2.42. The number of allylic oxidation sites excluding steroid dienone is 1. The van der Waals surface area contributed by atoms with Crippen molar-refractivity contribution in [3.8, 4) is 0 Å². The first kappa shape index (κ1) is 15.6. The van der Waals surface area contributed by atoms with Crippen LogP contribution < -0.4 is 0 Å². The van der Waals surface area contributed by atoms with E-state index in [9.17, 15) is 0 Å². The lowest BCUT2D eigenvalue weighted by Crippen LogP contribution is -2.15. The van der Waals surface area contributed by atoms with Crippen LogP contribution >= 0.6 is 23.2 Å². The first-order valence-corrected chi connectivity index (χ1v) is 7.56. The van der Waals surface area contributed by atoms with Gasteiger partial charge in [0.1, 0.15) is 0 Å². The van der Waals surface area contributed by atoms with Crippen LogP contribution in [-0.2, 0) is 0 Å². The Morgan fingerprint density at radius 3 is 2.75 bits per heavy atom. The molecule has 0 amide bonds. The Balaban J connectivity index is 2.24.